The number of hydrogen-bond acceptors (Lipinski definition) is 3. The van der Waals surface area contributed by atoms with Crippen molar-refractivity contribution >= 4 is 45.7 Å². The number of rotatable bonds is 4. The summed E-state index contributed by atoms with van der Waals surface area (Å²) >= 11 is 12.3. The van der Waals surface area contributed by atoms with E-state index in [9.17, 15) is 22.8 Å². The minimum absolute atomic E-state index is 0.00533. The van der Waals surface area contributed by atoms with Gasteiger partial charge in [0.05, 0.1) is 35.0 Å². The number of benzene rings is 3. The number of aromatic nitrogens is 2. The lowest BCUT2D eigenvalue weighted by atomic mass is 10.1. The number of fused-ring (bicyclic) bond motifs is 1. The van der Waals surface area contributed by atoms with E-state index in [4.69, 9.17) is 23.2 Å². The largest absolute Gasteiger partial charge is 0.416 e. The summed E-state index contributed by atoms with van der Waals surface area (Å²) in [7, 11) is 0. The number of carbonyl (C=O) groups excluding carboxylic acids is 1. The van der Waals surface area contributed by atoms with Gasteiger partial charge in [0.15, 0.2) is 0 Å². The third-order valence-electron chi connectivity index (χ3n) is 5.28. The summed E-state index contributed by atoms with van der Waals surface area (Å²) in [5.41, 5.74) is 0.692. The van der Waals surface area contributed by atoms with E-state index in [0.29, 0.717) is 26.7 Å². The van der Waals surface area contributed by atoms with Crippen LogP contribution in [0.3, 0.4) is 0 Å². The molecule has 0 atom stereocenters. The Morgan fingerprint density at radius 1 is 1.06 bits per heavy atom. The van der Waals surface area contributed by atoms with E-state index in [1.165, 1.54) is 35.2 Å². The zero-order valence-electron chi connectivity index (χ0n) is 17.6. The first-order valence-electron chi connectivity index (χ1n) is 9.96. The summed E-state index contributed by atoms with van der Waals surface area (Å²) in [6.07, 6.45) is -3.13. The number of nitrogens with zero attached hydrogens (tertiary/aromatic N) is 2. The Balaban J connectivity index is 1.68. The molecule has 0 bridgehead atoms. The van der Waals surface area contributed by atoms with Gasteiger partial charge >= 0.3 is 6.18 Å². The summed E-state index contributed by atoms with van der Waals surface area (Å²) in [5.74, 6) is -0.520. The number of anilines is 1. The first-order chi connectivity index (χ1) is 16.0. The van der Waals surface area contributed by atoms with E-state index >= 15 is 0 Å². The Kier molecular flexibility index (Phi) is 6.38. The smallest absolute Gasteiger partial charge is 0.321 e. The number of hydrogen-bond donors (Lipinski definition) is 1. The first-order valence-corrected chi connectivity index (χ1v) is 10.7. The van der Waals surface area contributed by atoms with Gasteiger partial charge in [-0.15, -0.1) is 0 Å². The van der Waals surface area contributed by atoms with E-state index in [2.05, 4.69) is 10.3 Å². The predicted molar refractivity (Wildman–Crippen MR) is 126 cm³/mol. The highest BCUT2D eigenvalue weighted by molar-refractivity contribution is 6.36. The van der Waals surface area contributed by atoms with Crippen LogP contribution < -0.4 is 10.9 Å². The average molecular weight is 506 g/mol. The lowest BCUT2D eigenvalue weighted by molar-refractivity contribution is -0.137. The van der Waals surface area contributed by atoms with Crippen molar-refractivity contribution in [2.24, 2.45) is 0 Å². The normalized spacial score (nSPS) is 11.6. The second kappa shape index (κ2) is 9.12. The second-order valence-electron chi connectivity index (χ2n) is 7.59. The molecule has 174 valence electrons. The second-order valence-corrected chi connectivity index (χ2v) is 8.41. The molecule has 0 fully saturated rings. The SMILES string of the molecule is Cc1c(Cl)cc(C(=O)Nc2cccc3ncn(Cc4ccc(C(F)(F)F)cc4)c(=O)c23)cc1Cl. The average Bonchev–Trinajstić information content (AvgIpc) is 2.78. The lowest BCUT2D eigenvalue weighted by Gasteiger charge is -2.12. The number of alkyl halides is 3. The van der Waals surface area contributed by atoms with E-state index in [0.717, 1.165) is 12.1 Å². The van der Waals surface area contributed by atoms with Crippen molar-refractivity contribution in [3.63, 3.8) is 0 Å². The third-order valence-corrected chi connectivity index (χ3v) is 6.06. The van der Waals surface area contributed by atoms with E-state index in [1.54, 1.807) is 25.1 Å². The number of carbonyl (C=O) groups is 1. The van der Waals surface area contributed by atoms with Crippen molar-refractivity contribution in [1.82, 2.24) is 9.55 Å². The van der Waals surface area contributed by atoms with E-state index in [1.807, 2.05) is 0 Å². The van der Waals surface area contributed by atoms with Crippen LogP contribution in [0.4, 0.5) is 18.9 Å². The van der Waals surface area contributed by atoms with Crippen LogP contribution in [0, 0.1) is 6.92 Å². The van der Waals surface area contributed by atoms with Crippen molar-refractivity contribution in [2.45, 2.75) is 19.6 Å². The quantitative estimate of drug-likeness (QED) is 0.352. The van der Waals surface area contributed by atoms with E-state index in [-0.39, 0.29) is 23.2 Å². The van der Waals surface area contributed by atoms with Gasteiger partial charge in [0.1, 0.15) is 0 Å². The summed E-state index contributed by atoms with van der Waals surface area (Å²) in [6.45, 7) is 1.73. The van der Waals surface area contributed by atoms with Gasteiger partial charge in [0.2, 0.25) is 0 Å². The molecule has 0 spiro atoms. The van der Waals surface area contributed by atoms with Crippen LogP contribution in [0.1, 0.15) is 27.0 Å². The lowest BCUT2D eigenvalue weighted by Crippen LogP contribution is -2.23. The highest BCUT2D eigenvalue weighted by Crippen LogP contribution is 2.29. The molecule has 0 radical (unpaired) electrons. The van der Waals surface area contributed by atoms with Crippen molar-refractivity contribution in [1.29, 1.82) is 0 Å². The monoisotopic (exact) mass is 505 g/mol. The molecule has 34 heavy (non-hydrogen) atoms. The molecular formula is C24H16Cl2F3N3O2. The summed E-state index contributed by atoms with van der Waals surface area (Å²) in [4.78, 5) is 30.3. The Hall–Kier alpha value is -3.36. The topological polar surface area (TPSA) is 64.0 Å². The molecule has 10 heteroatoms. The fraction of sp³-hybridized carbons (Fsp3) is 0.125. The molecule has 4 aromatic rings. The molecule has 1 aromatic heterocycles. The minimum atomic E-state index is -4.45. The highest BCUT2D eigenvalue weighted by atomic mass is 35.5. The summed E-state index contributed by atoms with van der Waals surface area (Å²) in [6, 6.07) is 12.3. The summed E-state index contributed by atoms with van der Waals surface area (Å²) < 4.78 is 39.7. The van der Waals surface area contributed by atoms with Crippen molar-refractivity contribution < 1.29 is 18.0 Å². The molecule has 0 saturated heterocycles. The predicted octanol–water partition coefficient (Wildman–Crippen LogP) is 6.33. The van der Waals surface area contributed by atoms with Crippen LogP contribution >= 0.6 is 23.2 Å². The number of halogens is 5. The number of nitrogens with one attached hydrogen (secondary N) is 1. The Morgan fingerprint density at radius 3 is 2.32 bits per heavy atom. The van der Waals surface area contributed by atoms with Crippen LogP contribution in [-0.4, -0.2) is 15.5 Å². The van der Waals surface area contributed by atoms with Gasteiger partial charge in [-0.25, -0.2) is 4.98 Å². The maximum atomic E-state index is 13.2. The van der Waals surface area contributed by atoms with Gasteiger partial charge in [-0.1, -0.05) is 41.4 Å². The number of amides is 1. The zero-order valence-corrected chi connectivity index (χ0v) is 19.1. The van der Waals surface area contributed by atoms with Crippen LogP contribution in [-0.2, 0) is 12.7 Å². The molecule has 0 unspecified atom stereocenters. The molecule has 1 heterocycles. The molecular weight excluding hydrogens is 490 g/mol. The van der Waals surface area contributed by atoms with Gasteiger partial charge in [-0.2, -0.15) is 13.2 Å². The van der Waals surface area contributed by atoms with Crippen molar-refractivity contribution in [3.8, 4) is 0 Å². The van der Waals surface area contributed by atoms with Gasteiger partial charge < -0.3 is 5.32 Å². The first kappa shape index (κ1) is 23.8. The van der Waals surface area contributed by atoms with Crippen molar-refractivity contribution in [3.05, 3.63) is 104 Å². The molecule has 0 aliphatic carbocycles. The maximum Gasteiger partial charge on any atom is 0.416 e. The Labute approximate surface area is 201 Å². The van der Waals surface area contributed by atoms with Crippen LogP contribution in [0.2, 0.25) is 10.0 Å². The van der Waals surface area contributed by atoms with E-state index < -0.39 is 23.2 Å². The maximum absolute atomic E-state index is 13.2. The fourth-order valence-electron chi connectivity index (χ4n) is 3.38. The fourth-order valence-corrected chi connectivity index (χ4v) is 3.87. The Morgan fingerprint density at radius 2 is 1.71 bits per heavy atom. The Bertz CT molecular complexity index is 1440. The van der Waals surface area contributed by atoms with Gasteiger partial charge in [-0.3, -0.25) is 14.2 Å². The van der Waals surface area contributed by atoms with Crippen LogP contribution in [0.5, 0.6) is 0 Å². The minimum Gasteiger partial charge on any atom is -0.321 e. The molecule has 1 amide bonds. The molecule has 5 nitrogen and oxygen atoms in total. The third kappa shape index (κ3) is 4.78. The molecule has 0 saturated carbocycles. The van der Waals surface area contributed by atoms with Crippen molar-refractivity contribution in [2.75, 3.05) is 5.32 Å². The van der Waals surface area contributed by atoms with Gasteiger partial charge in [0, 0.05) is 15.6 Å². The zero-order chi connectivity index (χ0) is 24.6. The highest BCUT2D eigenvalue weighted by Gasteiger charge is 2.29. The molecule has 0 aliphatic rings. The molecule has 3 aromatic carbocycles. The van der Waals surface area contributed by atoms with Crippen LogP contribution in [0.25, 0.3) is 10.9 Å². The van der Waals surface area contributed by atoms with Gasteiger partial charge in [0.25, 0.3) is 11.5 Å². The summed E-state index contributed by atoms with van der Waals surface area (Å²) in [5, 5.41) is 3.52. The molecule has 4 rings (SSSR count). The molecule has 1 N–H and O–H groups in total. The van der Waals surface area contributed by atoms with Crippen LogP contribution in [0.15, 0.2) is 65.7 Å². The molecule has 0 aliphatic heterocycles. The standard InChI is InChI=1S/C24H16Cl2F3N3O2/c1-13-17(25)9-15(10-18(13)26)22(33)31-20-4-2-3-19-21(20)23(34)32(12-30-19)11-14-5-7-16(8-6-14)24(27,28)29/h2-10,12H,11H2,1H3,(H,31,33). The van der Waals surface area contributed by atoms with Gasteiger partial charge in [-0.05, 0) is 54.4 Å².